The minimum absolute atomic E-state index is 0.0969. The number of carbonyl (C=O) groups is 2. The maximum atomic E-state index is 12.4. The lowest BCUT2D eigenvalue weighted by Crippen LogP contribution is -2.42. The second-order valence-electron chi connectivity index (χ2n) is 5.98. The molecule has 1 atom stereocenters. The molecular formula is C20H21N3O3. The van der Waals surface area contributed by atoms with Crippen LogP contribution in [0.15, 0.2) is 48.5 Å². The monoisotopic (exact) mass is 351 g/mol. The number of likely N-dealkylation sites (N-methyl/N-ethyl adjacent to an activating group) is 1. The molecule has 2 aromatic rings. The van der Waals surface area contributed by atoms with E-state index in [1.165, 1.54) is 11.9 Å². The van der Waals surface area contributed by atoms with Gasteiger partial charge in [-0.05, 0) is 38.1 Å². The van der Waals surface area contributed by atoms with E-state index in [1.54, 1.807) is 43.3 Å². The second-order valence-corrected chi connectivity index (χ2v) is 5.98. The number of rotatable bonds is 6. The Morgan fingerprint density at radius 2 is 1.85 bits per heavy atom. The Hall–Kier alpha value is -3.33. The first-order chi connectivity index (χ1) is 12.4. The van der Waals surface area contributed by atoms with E-state index < -0.39 is 6.10 Å². The van der Waals surface area contributed by atoms with Crippen molar-refractivity contribution >= 4 is 17.5 Å². The molecule has 0 saturated carbocycles. The molecule has 0 spiro atoms. The van der Waals surface area contributed by atoms with Gasteiger partial charge in [-0.3, -0.25) is 9.59 Å². The van der Waals surface area contributed by atoms with Gasteiger partial charge in [-0.15, -0.1) is 0 Å². The Kier molecular flexibility index (Phi) is 6.34. The lowest BCUT2D eigenvalue weighted by atomic mass is 10.2. The molecule has 6 nitrogen and oxygen atoms in total. The van der Waals surface area contributed by atoms with Gasteiger partial charge in [-0.25, -0.2) is 0 Å². The quantitative estimate of drug-likeness (QED) is 0.867. The average Bonchev–Trinajstić information content (AvgIpc) is 2.63. The third-order valence-corrected chi connectivity index (χ3v) is 3.75. The molecule has 0 fully saturated rings. The van der Waals surface area contributed by atoms with Crippen LogP contribution in [0.2, 0.25) is 0 Å². The van der Waals surface area contributed by atoms with Gasteiger partial charge >= 0.3 is 0 Å². The summed E-state index contributed by atoms with van der Waals surface area (Å²) < 4.78 is 5.59. The predicted molar refractivity (Wildman–Crippen MR) is 98.7 cm³/mol. The first kappa shape index (κ1) is 19.0. The normalized spacial score (nSPS) is 11.2. The first-order valence-corrected chi connectivity index (χ1v) is 8.18. The molecule has 2 rings (SSSR count). The SMILES string of the molecule is Cc1ccc(NC(=O)CN(C)C(=O)C(C)Oc2ccccc2C#N)cc1. The summed E-state index contributed by atoms with van der Waals surface area (Å²) in [4.78, 5) is 25.8. The predicted octanol–water partition coefficient (Wildman–Crippen LogP) is 2.73. The highest BCUT2D eigenvalue weighted by Crippen LogP contribution is 2.18. The maximum absolute atomic E-state index is 12.4. The molecule has 0 aromatic heterocycles. The van der Waals surface area contributed by atoms with Crippen LogP contribution < -0.4 is 10.1 Å². The number of nitrogens with one attached hydrogen (secondary N) is 1. The number of hydrogen-bond acceptors (Lipinski definition) is 4. The van der Waals surface area contributed by atoms with Crippen molar-refractivity contribution in [1.29, 1.82) is 5.26 Å². The molecule has 0 saturated heterocycles. The largest absolute Gasteiger partial charge is 0.480 e. The topological polar surface area (TPSA) is 82.4 Å². The minimum Gasteiger partial charge on any atom is -0.480 e. The van der Waals surface area contributed by atoms with E-state index in [2.05, 4.69) is 5.32 Å². The number of ether oxygens (including phenoxy) is 1. The van der Waals surface area contributed by atoms with Gasteiger partial charge in [0.15, 0.2) is 6.10 Å². The molecule has 2 amide bonds. The van der Waals surface area contributed by atoms with Crippen LogP contribution in [0.3, 0.4) is 0 Å². The molecule has 1 N–H and O–H groups in total. The Morgan fingerprint density at radius 3 is 2.50 bits per heavy atom. The summed E-state index contributed by atoms with van der Waals surface area (Å²) in [5.41, 5.74) is 2.12. The van der Waals surface area contributed by atoms with Gasteiger partial charge in [0.05, 0.1) is 12.1 Å². The number of nitriles is 1. The number of nitrogens with zero attached hydrogens (tertiary/aromatic N) is 2. The highest BCUT2D eigenvalue weighted by atomic mass is 16.5. The molecular weight excluding hydrogens is 330 g/mol. The molecule has 0 bridgehead atoms. The van der Waals surface area contributed by atoms with E-state index in [0.29, 0.717) is 17.0 Å². The molecule has 0 aliphatic rings. The Balaban J connectivity index is 1.92. The van der Waals surface area contributed by atoms with Crippen molar-refractivity contribution in [1.82, 2.24) is 4.90 Å². The molecule has 0 heterocycles. The molecule has 134 valence electrons. The van der Waals surface area contributed by atoms with Crippen LogP contribution in [0.5, 0.6) is 5.75 Å². The lowest BCUT2D eigenvalue weighted by molar-refractivity contribution is -0.139. The van der Waals surface area contributed by atoms with Crippen molar-refractivity contribution < 1.29 is 14.3 Å². The van der Waals surface area contributed by atoms with Crippen molar-refractivity contribution in [2.24, 2.45) is 0 Å². The molecule has 6 heteroatoms. The summed E-state index contributed by atoms with van der Waals surface area (Å²) in [5, 5.41) is 11.8. The van der Waals surface area contributed by atoms with Crippen molar-refractivity contribution in [3.8, 4) is 11.8 Å². The van der Waals surface area contributed by atoms with E-state index in [0.717, 1.165) is 5.56 Å². The number of anilines is 1. The highest BCUT2D eigenvalue weighted by molar-refractivity contribution is 5.95. The summed E-state index contributed by atoms with van der Waals surface area (Å²) in [6, 6.07) is 16.1. The van der Waals surface area contributed by atoms with Gasteiger partial charge in [0.2, 0.25) is 5.91 Å². The fourth-order valence-corrected chi connectivity index (χ4v) is 2.34. The molecule has 0 radical (unpaired) electrons. The van der Waals surface area contributed by atoms with E-state index in [-0.39, 0.29) is 18.4 Å². The van der Waals surface area contributed by atoms with Crippen LogP contribution in [-0.2, 0) is 9.59 Å². The summed E-state index contributed by atoms with van der Waals surface area (Å²) in [7, 11) is 1.53. The lowest BCUT2D eigenvalue weighted by Gasteiger charge is -2.22. The van der Waals surface area contributed by atoms with Crippen LogP contribution in [-0.4, -0.2) is 36.4 Å². The molecule has 26 heavy (non-hydrogen) atoms. The first-order valence-electron chi connectivity index (χ1n) is 8.18. The minimum atomic E-state index is -0.818. The second kappa shape index (κ2) is 8.67. The summed E-state index contributed by atoms with van der Waals surface area (Å²) >= 11 is 0. The van der Waals surface area contributed by atoms with E-state index in [9.17, 15) is 9.59 Å². The zero-order valence-electron chi connectivity index (χ0n) is 15.0. The van der Waals surface area contributed by atoms with Gasteiger partial charge in [-0.2, -0.15) is 5.26 Å². The summed E-state index contributed by atoms with van der Waals surface area (Å²) in [5.74, 6) is -0.306. The summed E-state index contributed by atoms with van der Waals surface area (Å²) in [6.45, 7) is 3.45. The standard InChI is InChI=1S/C20H21N3O3/c1-14-8-10-17(11-9-14)22-19(24)13-23(3)20(25)15(2)26-18-7-5-4-6-16(18)12-21/h4-11,15H,13H2,1-3H3,(H,22,24). The highest BCUT2D eigenvalue weighted by Gasteiger charge is 2.22. The third kappa shape index (κ3) is 5.08. The number of aryl methyl sites for hydroxylation is 1. The fourth-order valence-electron chi connectivity index (χ4n) is 2.34. The van der Waals surface area contributed by atoms with Gasteiger partial charge in [0, 0.05) is 12.7 Å². The number of para-hydroxylation sites is 1. The molecule has 0 aliphatic heterocycles. The zero-order chi connectivity index (χ0) is 19.1. The van der Waals surface area contributed by atoms with Crippen LogP contribution in [0.4, 0.5) is 5.69 Å². The molecule has 1 unspecified atom stereocenters. The Bertz CT molecular complexity index is 825. The van der Waals surface area contributed by atoms with Gasteiger partial charge < -0.3 is 15.0 Å². The number of benzene rings is 2. The van der Waals surface area contributed by atoms with Crippen LogP contribution in [0.25, 0.3) is 0 Å². The zero-order valence-corrected chi connectivity index (χ0v) is 15.0. The Morgan fingerprint density at radius 1 is 1.19 bits per heavy atom. The number of hydrogen-bond donors (Lipinski definition) is 1. The average molecular weight is 351 g/mol. The maximum Gasteiger partial charge on any atom is 0.263 e. The van der Waals surface area contributed by atoms with Gasteiger partial charge in [0.1, 0.15) is 11.8 Å². The van der Waals surface area contributed by atoms with Crippen LogP contribution >= 0.6 is 0 Å². The van der Waals surface area contributed by atoms with E-state index in [1.807, 2.05) is 25.1 Å². The number of carbonyl (C=O) groups excluding carboxylic acids is 2. The fraction of sp³-hybridized carbons (Fsp3) is 0.250. The summed E-state index contributed by atoms with van der Waals surface area (Å²) in [6.07, 6.45) is -0.818. The van der Waals surface area contributed by atoms with Crippen LogP contribution in [0, 0.1) is 18.3 Å². The number of amides is 2. The smallest absolute Gasteiger partial charge is 0.263 e. The van der Waals surface area contributed by atoms with Gasteiger partial charge in [0.25, 0.3) is 5.91 Å². The molecule has 2 aromatic carbocycles. The molecule has 0 aliphatic carbocycles. The van der Waals surface area contributed by atoms with Gasteiger partial charge in [-0.1, -0.05) is 29.8 Å². The van der Waals surface area contributed by atoms with E-state index in [4.69, 9.17) is 10.00 Å². The van der Waals surface area contributed by atoms with E-state index >= 15 is 0 Å². The van der Waals surface area contributed by atoms with Crippen molar-refractivity contribution in [2.45, 2.75) is 20.0 Å². The van der Waals surface area contributed by atoms with Crippen molar-refractivity contribution in [3.05, 3.63) is 59.7 Å². The Labute approximate surface area is 153 Å². The third-order valence-electron chi connectivity index (χ3n) is 3.75. The van der Waals surface area contributed by atoms with Crippen LogP contribution in [0.1, 0.15) is 18.1 Å². The van der Waals surface area contributed by atoms with Crippen molar-refractivity contribution in [2.75, 3.05) is 18.9 Å². The van der Waals surface area contributed by atoms with Crippen molar-refractivity contribution in [3.63, 3.8) is 0 Å².